The minimum Gasteiger partial charge on any atom is -0.356 e. The molecule has 2 saturated heterocycles. The third-order valence-electron chi connectivity index (χ3n) is 5.30. The second-order valence-electron chi connectivity index (χ2n) is 7.00. The van der Waals surface area contributed by atoms with E-state index in [1.807, 2.05) is 12.4 Å². The highest BCUT2D eigenvalue weighted by atomic mass is 15.3. The number of piperidine rings is 1. The maximum absolute atomic E-state index is 4.52. The zero-order valence-electron chi connectivity index (χ0n) is 15.5. The van der Waals surface area contributed by atoms with Crippen LogP contribution in [-0.4, -0.2) is 59.2 Å². The summed E-state index contributed by atoms with van der Waals surface area (Å²) in [4.78, 5) is 25.0. The molecule has 0 bridgehead atoms. The van der Waals surface area contributed by atoms with Crippen molar-refractivity contribution in [2.24, 2.45) is 0 Å². The van der Waals surface area contributed by atoms with E-state index in [0.29, 0.717) is 0 Å². The van der Waals surface area contributed by atoms with Crippen molar-refractivity contribution in [3.05, 3.63) is 30.4 Å². The highest BCUT2D eigenvalue weighted by Gasteiger charge is 2.21. The third-order valence-corrected chi connectivity index (χ3v) is 5.30. The molecule has 2 aromatic rings. The summed E-state index contributed by atoms with van der Waals surface area (Å²) in [5.74, 6) is 2.93. The zero-order chi connectivity index (χ0) is 17.8. The topological polar surface area (TPSA) is 61.3 Å². The first-order valence-electron chi connectivity index (χ1n) is 9.71. The molecule has 0 unspecified atom stereocenters. The summed E-state index contributed by atoms with van der Waals surface area (Å²) in [6.07, 6.45) is 10.4. The first-order valence-corrected chi connectivity index (χ1v) is 9.71. The van der Waals surface area contributed by atoms with Crippen LogP contribution in [0.15, 0.2) is 24.8 Å². The van der Waals surface area contributed by atoms with E-state index < -0.39 is 0 Å². The molecule has 0 aliphatic carbocycles. The van der Waals surface area contributed by atoms with Gasteiger partial charge in [-0.1, -0.05) is 6.92 Å². The number of aryl methyl sites for hydroxylation is 1. The lowest BCUT2D eigenvalue weighted by Gasteiger charge is -2.36. The molecule has 4 heterocycles. The first-order chi connectivity index (χ1) is 12.8. The molecule has 0 atom stereocenters. The fourth-order valence-electron chi connectivity index (χ4n) is 3.64. The molecule has 0 aromatic carbocycles. The summed E-state index contributed by atoms with van der Waals surface area (Å²) in [6.45, 7) is 8.01. The van der Waals surface area contributed by atoms with E-state index in [1.165, 1.54) is 24.8 Å². The summed E-state index contributed by atoms with van der Waals surface area (Å²) in [5, 5.41) is 0. The van der Waals surface area contributed by atoms with Gasteiger partial charge in [0, 0.05) is 57.7 Å². The lowest BCUT2D eigenvalue weighted by atomic mass is 10.1. The van der Waals surface area contributed by atoms with Crippen LogP contribution in [0, 0.1) is 0 Å². The Bertz CT molecular complexity index is 704. The van der Waals surface area contributed by atoms with Gasteiger partial charge in [-0.25, -0.2) is 19.9 Å². The maximum Gasteiger partial charge on any atom is 0.225 e. The van der Waals surface area contributed by atoms with Crippen molar-refractivity contribution in [3.8, 4) is 0 Å². The summed E-state index contributed by atoms with van der Waals surface area (Å²) < 4.78 is 0. The van der Waals surface area contributed by atoms with Gasteiger partial charge in [0.1, 0.15) is 18.0 Å². The molecule has 7 nitrogen and oxygen atoms in total. The fourth-order valence-corrected chi connectivity index (χ4v) is 3.64. The van der Waals surface area contributed by atoms with Crippen LogP contribution in [0.5, 0.6) is 0 Å². The summed E-state index contributed by atoms with van der Waals surface area (Å²) in [5.41, 5.74) is 1.18. The van der Waals surface area contributed by atoms with Crippen LogP contribution < -0.4 is 14.7 Å². The molecule has 2 aliphatic rings. The van der Waals surface area contributed by atoms with E-state index >= 15 is 0 Å². The summed E-state index contributed by atoms with van der Waals surface area (Å²) >= 11 is 0. The lowest BCUT2D eigenvalue weighted by Crippen LogP contribution is -2.47. The smallest absolute Gasteiger partial charge is 0.225 e. The second kappa shape index (κ2) is 7.85. The molecule has 0 saturated carbocycles. The Labute approximate surface area is 155 Å². The maximum atomic E-state index is 4.52. The van der Waals surface area contributed by atoms with Gasteiger partial charge < -0.3 is 14.7 Å². The van der Waals surface area contributed by atoms with Crippen LogP contribution in [-0.2, 0) is 6.42 Å². The fraction of sp³-hybridized carbons (Fsp3) is 0.579. The average molecular weight is 353 g/mol. The lowest BCUT2D eigenvalue weighted by molar-refractivity contribution is 0.572. The van der Waals surface area contributed by atoms with Crippen LogP contribution >= 0.6 is 0 Å². The molecule has 7 heteroatoms. The van der Waals surface area contributed by atoms with Gasteiger partial charge in [0.15, 0.2) is 0 Å². The van der Waals surface area contributed by atoms with Gasteiger partial charge in [-0.3, -0.25) is 0 Å². The van der Waals surface area contributed by atoms with Gasteiger partial charge in [0.05, 0.1) is 0 Å². The molecule has 0 radical (unpaired) electrons. The molecule has 0 spiro atoms. The SMILES string of the molecule is CCc1cnc(N2CCN(c3cc(N4CCCCC4)ncn3)CC2)nc1. The van der Waals surface area contributed by atoms with Gasteiger partial charge in [-0.05, 0) is 31.2 Å². The monoisotopic (exact) mass is 353 g/mol. The number of rotatable bonds is 4. The summed E-state index contributed by atoms with van der Waals surface area (Å²) in [7, 11) is 0. The van der Waals surface area contributed by atoms with E-state index in [1.54, 1.807) is 6.33 Å². The zero-order valence-corrected chi connectivity index (χ0v) is 15.5. The van der Waals surface area contributed by atoms with Crippen molar-refractivity contribution in [1.82, 2.24) is 19.9 Å². The molecule has 2 aromatic heterocycles. The highest BCUT2D eigenvalue weighted by molar-refractivity contribution is 5.51. The number of piperazine rings is 1. The Morgan fingerprint density at radius 1 is 0.731 bits per heavy atom. The second-order valence-corrected chi connectivity index (χ2v) is 7.00. The van der Waals surface area contributed by atoms with Gasteiger partial charge in [-0.15, -0.1) is 0 Å². The molecule has 26 heavy (non-hydrogen) atoms. The van der Waals surface area contributed by atoms with Gasteiger partial charge in [-0.2, -0.15) is 0 Å². The van der Waals surface area contributed by atoms with Crippen LogP contribution in [0.3, 0.4) is 0 Å². The molecular weight excluding hydrogens is 326 g/mol. The quantitative estimate of drug-likeness (QED) is 0.834. The van der Waals surface area contributed by atoms with E-state index in [4.69, 9.17) is 0 Å². The van der Waals surface area contributed by atoms with Crippen LogP contribution in [0.2, 0.25) is 0 Å². The molecule has 2 aliphatic heterocycles. The Morgan fingerprint density at radius 3 is 1.92 bits per heavy atom. The summed E-state index contributed by atoms with van der Waals surface area (Å²) in [6, 6.07) is 2.15. The standard InChI is InChI=1S/C19H27N7/c1-2-16-13-20-19(21-14-16)26-10-8-25(9-11-26)18-12-17(22-15-23-18)24-6-4-3-5-7-24/h12-15H,2-11H2,1H3. The highest BCUT2D eigenvalue weighted by Crippen LogP contribution is 2.22. The molecule has 4 rings (SSSR count). The van der Waals surface area contributed by atoms with Crippen molar-refractivity contribution in [2.45, 2.75) is 32.6 Å². The van der Waals surface area contributed by atoms with Crippen LogP contribution in [0.4, 0.5) is 17.6 Å². The number of anilines is 3. The van der Waals surface area contributed by atoms with Gasteiger partial charge in [0.2, 0.25) is 5.95 Å². The van der Waals surface area contributed by atoms with E-state index in [9.17, 15) is 0 Å². The van der Waals surface area contributed by atoms with Crippen molar-refractivity contribution >= 4 is 17.6 Å². The molecule has 0 N–H and O–H groups in total. The van der Waals surface area contributed by atoms with Crippen molar-refractivity contribution in [2.75, 3.05) is 54.0 Å². The Balaban J connectivity index is 1.39. The van der Waals surface area contributed by atoms with E-state index in [2.05, 4.69) is 47.6 Å². The minimum atomic E-state index is 0.832. The third kappa shape index (κ3) is 3.71. The van der Waals surface area contributed by atoms with Gasteiger partial charge in [0.25, 0.3) is 0 Å². The first kappa shape index (κ1) is 17.0. The number of nitrogens with zero attached hydrogens (tertiary/aromatic N) is 7. The van der Waals surface area contributed by atoms with Crippen LogP contribution in [0.25, 0.3) is 0 Å². The van der Waals surface area contributed by atoms with E-state index in [-0.39, 0.29) is 0 Å². The Morgan fingerprint density at radius 2 is 1.31 bits per heavy atom. The van der Waals surface area contributed by atoms with Crippen molar-refractivity contribution in [1.29, 1.82) is 0 Å². The predicted molar refractivity (Wildman–Crippen MR) is 104 cm³/mol. The van der Waals surface area contributed by atoms with Crippen molar-refractivity contribution in [3.63, 3.8) is 0 Å². The molecular formula is C19H27N7. The Hall–Kier alpha value is -2.44. The predicted octanol–water partition coefficient (Wildman–Crippen LogP) is 2.15. The normalized spacial score (nSPS) is 18.3. The minimum absolute atomic E-state index is 0.832. The van der Waals surface area contributed by atoms with E-state index in [0.717, 1.165) is 63.3 Å². The number of hydrogen-bond donors (Lipinski definition) is 0. The van der Waals surface area contributed by atoms with Crippen molar-refractivity contribution < 1.29 is 0 Å². The Kier molecular flexibility index (Phi) is 5.13. The van der Waals surface area contributed by atoms with Crippen LogP contribution in [0.1, 0.15) is 31.7 Å². The molecule has 138 valence electrons. The van der Waals surface area contributed by atoms with Gasteiger partial charge >= 0.3 is 0 Å². The largest absolute Gasteiger partial charge is 0.356 e. The molecule has 0 amide bonds. The number of hydrogen-bond acceptors (Lipinski definition) is 7. The average Bonchev–Trinajstić information content (AvgIpc) is 2.75. The molecule has 2 fully saturated rings. The number of aromatic nitrogens is 4.